The van der Waals surface area contributed by atoms with Gasteiger partial charge >= 0.3 is 6.03 Å². The Balaban J connectivity index is 1.91. The van der Waals surface area contributed by atoms with Gasteiger partial charge in [0, 0.05) is 32.7 Å². The Hall–Kier alpha value is -2.20. The zero-order chi connectivity index (χ0) is 20.0. The summed E-state index contributed by atoms with van der Waals surface area (Å²) < 4.78 is 39.7. The molecule has 8 nitrogen and oxygen atoms in total. The molecule has 2 rings (SSSR count). The van der Waals surface area contributed by atoms with Crippen molar-refractivity contribution in [3.05, 3.63) is 30.1 Å². The summed E-state index contributed by atoms with van der Waals surface area (Å²) in [6.07, 6.45) is 0.800. The molecule has 1 saturated heterocycles. The minimum atomic E-state index is -3.81. The highest BCUT2D eigenvalue weighted by Gasteiger charge is 2.31. The lowest BCUT2D eigenvalue weighted by Crippen LogP contribution is -2.56. The maximum Gasteiger partial charge on any atom is 0.318 e. The van der Waals surface area contributed by atoms with Crippen molar-refractivity contribution in [2.75, 3.05) is 32.7 Å². The SMILES string of the molecule is CCCNC(=O)[C@H](C)NC(=O)N1CCN(S(=O)(=O)c2cccc(F)c2)CC1. The predicted molar refractivity (Wildman–Crippen MR) is 98.0 cm³/mol. The molecule has 0 bridgehead atoms. The number of piperazine rings is 1. The minimum absolute atomic E-state index is 0.0999. The van der Waals surface area contributed by atoms with E-state index in [1.54, 1.807) is 6.92 Å². The quantitative estimate of drug-likeness (QED) is 0.736. The van der Waals surface area contributed by atoms with Gasteiger partial charge in [0.15, 0.2) is 0 Å². The van der Waals surface area contributed by atoms with Crippen LogP contribution in [0.15, 0.2) is 29.2 Å². The first kappa shape index (κ1) is 21.1. The molecule has 0 radical (unpaired) electrons. The molecule has 1 atom stereocenters. The van der Waals surface area contributed by atoms with E-state index >= 15 is 0 Å². The van der Waals surface area contributed by atoms with Gasteiger partial charge in [0.25, 0.3) is 0 Å². The van der Waals surface area contributed by atoms with Crippen molar-refractivity contribution in [3.8, 4) is 0 Å². The molecule has 1 aromatic carbocycles. The molecule has 0 aromatic heterocycles. The minimum Gasteiger partial charge on any atom is -0.354 e. The number of halogens is 1. The van der Waals surface area contributed by atoms with E-state index in [-0.39, 0.29) is 37.0 Å². The number of rotatable bonds is 6. The van der Waals surface area contributed by atoms with Crippen LogP contribution in [-0.2, 0) is 14.8 Å². The van der Waals surface area contributed by atoms with Crippen LogP contribution >= 0.6 is 0 Å². The zero-order valence-corrected chi connectivity index (χ0v) is 16.3. The van der Waals surface area contributed by atoms with Gasteiger partial charge in [0.1, 0.15) is 11.9 Å². The molecule has 3 amide bonds. The second kappa shape index (κ2) is 9.14. The first-order valence-electron chi connectivity index (χ1n) is 8.84. The van der Waals surface area contributed by atoms with Gasteiger partial charge in [-0.2, -0.15) is 4.31 Å². The first-order chi connectivity index (χ1) is 12.8. The third-order valence-electron chi connectivity index (χ3n) is 4.24. The van der Waals surface area contributed by atoms with E-state index in [9.17, 15) is 22.4 Å². The van der Waals surface area contributed by atoms with Crippen LogP contribution in [0.3, 0.4) is 0 Å². The van der Waals surface area contributed by atoms with Gasteiger partial charge in [-0.05, 0) is 31.5 Å². The normalized spacial score (nSPS) is 16.6. The highest BCUT2D eigenvalue weighted by atomic mass is 32.2. The summed E-state index contributed by atoms with van der Waals surface area (Å²) >= 11 is 0. The molecule has 0 unspecified atom stereocenters. The van der Waals surface area contributed by atoms with Crippen molar-refractivity contribution in [2.45, 2.75) is 31.2 Å². The van der Waals surface area contributed by atoms with Gasteiger partial charge in [-0.25, -0.2) is 17.6 Å². The average Bonchev–Trinajstić information content (AvgIpc) is 2.66. The summed E-state index contributed by atoms with van der Waals surface area (Å²) in [4.78, 5) is 25.5. The number of carbonyl (C=O) groups is 2. The number of sulfonamides is 1. The maximum absolute atomic E-state index is 13.3. The van der Waals surface area contributed by atoms with Gasteiger partial charge in [0.05, 0.1) is 4.90 Å². The molecule has 1 aliphatic heterocycles. The van der Waals surface area contributed by atoms with Crippen LogP contribution in [0.25, 0.3) is 0 Å². The topological polar surface area (TPSA) is 98.8 Å². The molecule has 0 aliphatic carbocycles. The summed E-state index contributed by atoms with van der Waals surface area (Å²) in [5.74, 6) is -0.887. The second-order valence-electron chi connectivity index (χ2n) is 6.31. The fourth-order valence-corrected chi connectivity index (χ4v) is 4.11. The van der Waals surface area contributed by atoms with E-state index in [1.807, 2.05) is 6.92 Å². The number of carbonyl (C=O) groups excluding carboxylic acids is 2. The highest BCUT2D eigenvalue weighted by Crippen LogP contribution is 2.18. The van der Waals surface area contributed by atoms with Gasteiger partial charge < -0.3 is 15.5 Å². The maximum atomic E-state index is 13.3. The van der Waals surface area contributed by atoms with Gasteiger partial charge in [0.2, 0.25) is 15.9 Å². The van der Waals surface area contributed by atoms with Crippen LogP contribution in [0.1, 0.15) is 20.3 Å². The van der Waals surface area contributed by atoms with E-state index in [2.05, 4.69) is 10.6 Å². The third kappa shape index (κ3) is 5.39. The predicted octanol–water partition coefficient (Wildman–Crippen LogP) is 0.756. The van der Waals surface area contributed by atoms with E-state index in [0.29, 0.717) is 6.54 Å². The van der Waals surface area contributed by atoms with Crippen LogP contribution < -0.4 is 10.6 Å². The van der Waals surface area contributed by atoms with Crippen LogP contribution in [0.4, 0.5) is 9.18 Å². The average molecular weight is 400 g/mol. The summed E-state index contributed by atoms with van der Waals surface area (Å²) in [5, 5.41) is 5.31. The van der Waals surface area contributed by atoms with E-state index in [0.717, 1.165) is 12.5 Å². The molecule has 1 aliphatic rings. The number of benzene rings is 1. The van der Waals surface area contributed by atoms with Crippen LogP contribution in [0.5, 0.6) is 0 Å². The van der Waals surface area contributed by atoms with Crippen molar-refractivity contribution < 1.29 is 22.4 Å². The molecule has 1 fully saturated rings. The lowest BCUT2D eigenvalue weighted by atomic mass is 10.3. The standard InChI is InChI=1S/C17H25FN4O4S/c1-3-7-19-16(23)13(2)20-17(24)21-8-10-22(11-9-21)27(25,26)15-6-4-5-14(18)12-15/h4-6,12-13H,3,7-11H2,1-2H3,(H,19,23)(H,20,24)/t13-/m0/s1. The monoisotopic (exact) mass is 400 g/mol. The van der Waals surface area contributed by atoms with Crippen LogP contribution in [0.2, 0.25) is 0 Å². The lowest BCUT2D eigenvalue weighted by molar-refractivity contribution is -0.122. The van der Waals surface area contributed by atoms with Gasteiger partial charge in [-0.15, -0.1) is 0 Å². The summed E-state index contributed by atoms with van der Waals surface area (Å²) in [6.45, 7) is 4.63. The van der Waals surface area contributed by atoms with Crippen molar-refractivity contribution >= 4 is 22.0 Å². The molecule has 10 heteroatoms. The molecule has 1 aromatic rings. The highest BCUT2D eigenvalue weighted by molar-refractivity contribution is 7.89. The van der Waals surface area contributed by atoms with Gasteiger partial charge in [-0.3, -0.25) is 4.79 Å². The van der Waals surface area contributed by atoms with Gasteiger partial charge in [-0.1, -0.05) is 13.0 Å². The fraction of sp³-hybridized carbons (Fsp3) is 0.529. The number of urea groups is 1. The zero-order valence-electron chi connectivity index (χ0n) is 15.4. The Morgan fingerprint density at radius 2 is 1.89 bits per heavy atom. The largest absolute Gasteiger partial charge is 0.354 e. The van der Waals surface area contributed by atoms with E-state index in [1.165, 1.54) is 27.4 Å². The Morgan fingerprint density at radius 1 is 1.22 bits per heavy atom. The number of nitrogens with zero attached hydrogens (tertiary/aromatic N) is 2. The Bertz CT molecular complexity index is 779. The summed E-state index contributed by atoms with van der Waals surface area (Å²) in [5.41, 5.74) is 0. The van der Waals surface area contributed by atoms with Crippen molar-refractivity contribution in [1.29, 1.82) is 0 Å². The smallest absolute Gasteiger partial charge is 0.318 e. The van der Waals surface area contributed by atoms with Crippen molar-refractivity contribution in [1.82, 2.24) is 19.8 Å². The fourth-order valence-electron chi connectivity index (χ4n) is 2.65. The van der Waals surface area contributed by atoms with Crippen LogP contribution in [-0.4, -0.2) is 68.3 Å². The number of amides is 3. The van der Waals surface area contributed by atoms with Crippen molar-refractivity contribution in [3.63, 3.8) is 0 Å². The third-order valence-corrected chi connectivity index (χ3v) is 6.14. The second-order valence-corrected chi connectivity index (χ2v) is 8.25. The van der Waals surface area contributed by atoms with E-state index in [4.69, 9.17) is 0 Å². The first-order valence-corrected chi connectivity index (χ1v) is 10.3. The Labute approximate surface area is 158 Å². The Kier molecular flexibility index (Phi) is 7.14. The van der Waals surface area contributed by atoms with E-state index < -0.39 is 27.9 Å². The molecule has 27 heavy (non-hydrogen) atoms. The summed E-state index contributed by atoms with van der Waals surface area (Å²) in [7, 11) is -3.81. The molecular weight excluding hydrogens is 375 g/mol. The summed E-state index contributed by atoms with van der Waals surface area (Å²) in [6, 6.07) is 3.74. The molecule has 2 N–H and O–H groups in total. The number of hydrogen-bond acceptors (Lipinski definition) is 4. The molecule has 150 valence electrons. The number of hydrogen-bond donors (Lipinski definition) is 2. The number of nitrogens with one attached hydrogen (secondary N) is 2. The Morgan fingerprint density at radius 3 is 2.48 bits per heavy atom. The molecule has 1 heterocycles. The molecular formula is C17H25FN4O4S. The lowest BCUT2D eigenvalue weighted by Gasteiger charge is -2.34. The van der Waals surface area contributed by atoms with Crippen molar-refractivity contribution in [2.24, 2.45) is 0 Å². The molecule has 0 spiro atoms. The van der Waals surface area contributed by atoms with Crippen LogP contribution in [0, 0.1) is 5.82 Å². The molecule has 0 saturated carbocycles.